The third-order valence-corrected chi connectivity index (χ3v) is 4.12. The number of pyridine rings is 1. The number of carbonyl (C=O) groups excluding carboxylic acids is 2. The van der Waals surface area contributed by atoms with Gasteiger partial charge in [-0.1, -0.05) is 11.6 Å². The van der Waals surface area contributed by atoms with Crippen LogP contribution in [-0.2, 0) is 9.53 Å². The summed E-state index contributed by atoms with van der Waals surface area (Å²) in [4.78, 5) is 29.0. The Bertz CT molecular complexity index is 574. The quantitative estimate of drug-likeness (QED) is 0.812. The van der Waals surface area contributed by atoms with E-state index in [2.05, 4.69) is 10.3 Å². The molecule has 0 bridgehead atoms. The fourth-order valence-corrected chi connectivity index (χ4v) is 2.71. The number of piperidine rings is 1. The second-order valence-corrected chi connectivity index (χ2v) is 5.87. The maximum Gasteiger partial charge on any atom is 0.250 e. The summed E-state index contributed by atoms with van der Waals surface area (Å²) in [5, 5.41) is 3.62. The molecule has 2 amide bonds. The molecule has 0 atom stereocenters. The third-order valence-electron chi connectivity index (χ3n) is 3.83. The number of nitrogens with two attached hydrogens (primary N) is 1. The first-order valence-electron chi connectivity index (χ1n) is 7.50. The van der Waals surface area contributed by atoms with E-state index in [-0.39, 0.29) is 17.5 Å². The van der Waals surface area contributed by atoms with E-state index in [9.17, 15) is 9.59 Å². The van der Waals surface area contributed by atoms with E-state index < -0.39 is 5.91 Å². The number of hydrogen-bond acceptors (Lipinski definition) is 5. The Morgan fingerprint density at radius 1 is 1.48 bits per heavy atom. The number of amides is 2. The van der Waals surface area contributed by atoms with E-state index in [1.54, 1.807) is 7.11 Å². The van der Waals surface area contributed by atoms with Crippen LogP contribution in [0.25, 0.3) is 0 Å². The van der Waals surface area contributed by atoms with Gasteiger partial charge in [-0.05, 0) is 18.9 Å². The Hall–Kier alpha value is -1.86. The van der Waals surface area contributed by atoms with Gasteiger partial charge in [-0.3, -0.25) is 9.59 Å². The first-order chi connectivity index (χ1) is 11.0. The van der Waals surface area contributed by atoms with Crippen LogP contribution in [0.2, 0.25) is 5.02 Å². The molecule has 0 aliphatic carbocycles. The Morgan fingerprint density at radius 3 is 2.74 bits per heavy atom. The van der Waals surface area contributed by atoms with Gasteiger partial charge in [-0.15, -0.1) is 0 Å². The highest BCUT2D eigenvalue weighted by atomic mass is 35.5. The summed E-state index contributed by atoms with van der Waals surface area (Å²) in [6.07, 6.45) is 3.44. The zero-order valence-corrected chi connectivity index (χ0v) is 13.8. The number of likely N-dealkylation sites (tertiary alicyclic amines) is 1. The molecule has 2 heterocycles. The molecule has 7 nitrogen and oxygen atoms in total. The molecule has 1 aliphatic rings. The van der Waals surface area contributed by atoms with Crippen molar-refractivity contribution in [1.82, 2.24) is 9.88 Å². The van der Waals surface area contributed by atoms with Gasteiger partial charge < -0.3 is 20.7 Å². The zero-order chi connectivity index (χ0) is 16.8. The minimum Gasteiger partial charge on any atom is -0.384 e. The predicted octanol–water partition coefficient (Wildman–Crippen LogP) is 1.27. The Labute approximate surface area is 140 Å². The number of nitrogens with one attached hydrogen (secondary N) is 1. The second-order valence-electron chi connectivity index (χ2n) is 5.46. The fourth-order valence-electron chi connectivity index (χ4n) is 2.49. The van der Waals surface area contributed by atoms with E-state index >= 15 is 0 Å². The van der Waals surface area contributed by atoms with Crippen molar-refractivity contribution in [2.75, 3.05) is 32.1 Å². The summed E-state index contributed by atoms with van der Waals surface area (Å²) in [6.45, 7) is 1.83. The van der Waals surface area contributed by atoms with Crippen molar-refractivity contribution in [2.24, 2.45) is 5.73 Å². The van der Waals surface area contributed by atoms with Gasteiger partial charge in [0, 0.05) is 32.4 Å². The summed E-state index contributed by atoms with van der Waals surface area (Å²) in [6, 6.07) is 1.69. The molecule has 0 unspecified atom stereocenters. The number of methoxy groups -OCH3 is 1. The van der Waals surface area contributed by atoms with Gasteiger partial charge in [0.15, 0.2) is 0 Å². The highest BCUT2D eigenvalue weighted by Crippen LogP contribution is 2.23. The lowest BCUT2D eigenvalue weighted by Crippen LogP contribution is -2.42. The number of ether oxygens (including phenoxy) is 1. The Balaban J connectivity index is 1.87. The molecule has 1 saturated heterocycles. The van der Waals surface area contributed by atoms with Gasteiger partial charge in [0.25, 0.3) is 0 Å². The lowest BCUT2D eigenvalue weighted by molar-refractivity contribution is -0.133. The summed E-state index contributed by atoms with van der Waals surface area (Å²) in [5.41, 5.74) is 5.47. The largest absolute Gasteiger partial charge is 0.384 e. The minimum absolute atomic E-state index is 0.118. The van der Waals surface area contributed by atoms with Gasteiger partial charge in [-0.25, -0.2) is 4.98 Å². The number of aromatic nitrogens is 1. The van der Waals surface area contributed by atoms with E-state index in [1.807, 2.05) is 4.90 Å². The van der Waals surface area contributed by atoms with Crippen molar-refractivity contribution in [2.45, 2.75) is 25.3 Å². The molecule has 3 N–H and O–H groups in total. The van der Waals surface area contributed by atoms with Crippen LogP contribution in [0.4, 0.5) is 5.82 Å². The number of primary amides is 1. The molecule has 2 rings (SSSR count). The molecule has 23 heavy (non-hydrogen) atoms. The van der Waals surface area contributed by atoms with Crippen LogP contribution < -0.4 is 11.1 Å². The van der Waals surface area contributed by atoms with Crippen LogP contribution in [0, 0.1) is 0 Å². The molecule has 0 spiro atoms. The van der Waals surface area contributed by atoms with Gasteiger partial charge in [0.1, 0.15) is 5.82 Å². The summed E-state index contributed by atoms with van der Waals surface area (Å²) in [5.74, 6) is 0.0851. The summed E-state index contributed by atoms with van der Waals surface area (Å²) < 4.78 is 4.93. The normalized spacial score (nSPS) is 15.5. The maximum atomic E-state index is 11.9. The van der Waals surface area contributed by atoms with Crippen molar-refractivity contribution in [3.05, 3.63) is 22.8 Å². The van der Waals surface area contributed by atoms with Crippen LogP contribution in [0.3, 0.4) is 0 Å². The molecular formula is C15H21ClN4O3. The van der Waals surface area contributed by atoms with E-state index in [0.29, 0.717) is 37.0 Å². The van der Waals surface area contributed by atoms with E-state index in [0.717, 1.165) is 12.8 Å². The third kappa shape index (κ3) is 4.80. The van der Waals surface area contributed by atoms with Crippen LogP contribution >= 0.6 is 11.6 Å². The highest BCUT2D eigenvalue weighted by Gasteiger charge is 2.23. The number of hydrogen-bond donors (Lipinski definition) is 2. The Kier molecular flexibility index (Phi) is 6.18. The lowest BCUT2D eigenvalue weighted by Gasteiger charge is -2.32. The van der Waals surface area contributed by atoms with Crippen molar-refractivity contribution in [3.8, 4) is 0 Å². The molecule has 1 fully saturated rings. The molecule has 0 radical (unpaired) electrons. The van der Waals surface area contributed by atoms with E-state index in [4.69, 9.17) is 22.1 Å². The molecule has 0 saturated carbocycles. The first-order valence-corrected chi connectivity index (χ1v) is 7.87. The van der Waals surface area contributed by atoms with E-state index in [1.165, 1.54) is 12.3 Å². The lowest BCUT2D eigenvalue weighted by atomic mass is 10.0. The number of carbonyl (C=O) groups is 2. The molecular weight excluding hydrogens is 320 g/mol. The first kappa shape index (κ1) is 17.5. The highest BCUT2D eigenvalue weighted by molar-refractivity contribution is 6.33. The van der Waals surface area contributed by atoms with Crippen molar-refractivity contribution in [3.63, 3.8) is 0 Å². The number of halogens is 1. The molecule has 1 aliphatic heterocycles. The standard InChI is InChI=1S/C15H21ClN4O3/c1-23-7-4-13(21)20-5-2-11(3-6-20)19-15-12(16)8-10(9-18-15)14(17)22/h8-9,11H,2-7H2,1H3,(H2,17,22)(H,18,19). The zero-order valence-electron chi connectivity index (χ0n) is 13.0. The monoisotopic (exact) mass is 340 g/mol. The second kappa shape index (κ2) is 8.12. The molecule has 0 aromatic carbocycles. The van der Waals surface area contributed by atoms with Gasteiger partial charge in [0.05, 0.1) is 23.6 Å². The molecule has 126 valence electrons. The summed E-state index contributed by atoms with van der Waals surface area (Å²) >= 11 is 6.12. The predicted molar refractivity (Wildman–Crippen MR) is 87.5 cm³/mol. The average Bonchev–Trinajstić information content (AvgIpc) is 2.55. The van der Waals surface area contributed by atoms with Crippen molar-refractivity contribution in [1.29, 1.82) is 0 Å². The van der Waals surface area contributed by atoms with Crippen LogP contribution in [0.1, 0.15) is 29.6 Å². The van der Waals surface area contributed by atoms with Crippen LogP contribution in [-0.4, -0.2) is 54.5 Å². The topological polar surface area (TPSA) is 97.6 Å². The van der Waals surface area contributed by atoms with Crippen LogP contribution in [0.5, 0.6) is 0 Å². The molecule has 1 aromatic heterocycles. The number of anilines is 1. The fraction of sp³-hybridized carbons (Fsp3) is 0.533. The van der Waals surface area contributed by atoms with Crippen molar-refractivity contribution >= 4 is 29.2 Å². The number of nitrogens with zero attached hydrogens (tertiary/aromatic N) is 2. The van der Waals surface area contributed by atoms with Crippen LogP contribution in [0.15, 0.2) is 12.3 Å². The minimum atomic E-state index is -0.561. The number of rotatable bonds is 6. The SMILES string of the molecule is COCCC(=O)N1CCC(Nc2ncc(C(N)=O)cc2Cl)CC1. The molecule has 8 heteroatoms. The van der Waals surface area contributed by atoms with Gasteiger partial charge in [0.2, 0.25) is 11.8 Å². The maximum absolute atomic E-state index is 11.9. The molecule has 1 aromatic rings. The van der Waals surface area contributed by atoms with Gasteiger partial charge in [-0.2, -0.15) is 0 Å². The van der Waals surface area contributed by atoms with Crippen molar-refractivity contribution < 1.29 is 14.3 Å². The summed E-state index contributed by atoms with van der Waals surface area (Å²) in [7, 11) is 1.59. The average molecular weight is 341 g/mol. The Morgan fingerprint density at radius 2 is 2.17 bits per heavy atom. The smallest absolute Gasteiger partial charge is 0.250 e. The van der Waals surface area contributed by atoms with Gasteiger partial charge >= 0.3 is 0 Å².